The van der Waals surface area contributed by atoms with Gasteiger partial charge in [0.25, 0.3) is 5.91 Å². The molecule has 6 N–H and O–H groups in total. The van der Waals surface area contributed by atoms with Crippen LogP contribution in [0, 0.1) is 5.92 Å². The number of hydrogen-bond acceptors (Lipinski definition) is 9. The number of benzene rings is 3. The first-order valence-corrected chi connectivity index (χ1v) is 14.9. The second kappa shape index (κ2) is 17.6. The second-order valence-corrected chi connectivity index (χ2v) is 11.1. The number of aliphatic hydroxyl groups is 1. The SMILES string of the molecule is COC(=O)[C@H](Cc1ccc(O)cc1)NC(=O)[C@H](CC(C)C)NC(=O)[C@@H](O)[C@H](N)CCOc1ccc(OCc2ccccc2)cc1. The van der Waals surface area contributed by atoms with Crippen LogP contribution in [0.2, 0.25) is 0 Å². The van der Waals surface area contributed by atoms with Gasteiger partial charge in [-0.05, 0) is 66.3 Å². The molecule has 0 aliphatic carbocycles. The largest absolute Gasteiger partial charge is 0.508 e. The summed E-state index contributed by atoms with van der Waals surface area (Å²) in [4.78, 5) is 38.6. The lowest BCUT2D eigenvalue weighted by Gasteiger charge is -2.25. The number of nitrogens with one attached hydrogen (secondary N) is 2. The summed E-state index contributed by atoms with van der Waals surface area (Å²) >= 11 is 0. The van der Waals surface area contributed by atoms with Gasteiger partial charge in [-0.3, -0.25) is 9.59 Å². The van der Waals surface area contributed by atoms with Gasteiger partial charge in [0, 0.05) is 12.5 Å². The van der Waals surface area contributed by atoms with Crippen molar-refractivity contribution < 1.29 is 38.8 Å². The summed E-state index contributed by atoms with van der Waals surface area (Å²) < 4.78 is 16.4. The fraction of sp³-hybridized carbons (Fsp3) is 0.382. The molecule has 11 nitrogen and oxygen atoms in total. The number of ether oxygens (including phenoxy) is 3. The van der Waals surface area contributed by atoms with E-state index in [1.165, 1.54) is 19.2 Å². The lowest BCUT2D eigenvalue weighted by molar-refractivity contribution is -0.145. The number of aliphatic hydroxyl groups excluding tert-OH is 1. The Morgan fingerprint density at radius 3 is 2.00 bits per heavy atom. The van der Waals surface area contributed by atoms with E-state index in [0.717, 1.165) is 5.56 Å². The van der Waals surface area contributed by atoms with E-state index < -0.39 is 42.0 Å². The summed E-state index contributed by atoms with van der Waals surface area (Å²) in [5.74, 6) is -0.739. The summed E-state index contributed by atoms with van der Waals surface area (Å²) in [5, 5.41) is 25.4. The van der Waals surface area contributed by atoms with Gasteiger partial charge in [0.15, 0.2) is 0 Å². The van der Waals surface area contributed by atoms with Crippen LogP contribution >= 0.6 is 0 Å². The van der Waals surface area contributed by atoms with E-state index in [1.54, 1.807) is 36.4 Å². The molecule has 0 aliphatic heterocycles. The highest BCUT2D eigenvalue weighted by molar-refractivity contribution is 5.92. The number of methoxy groups -OCH3 is 1. The maximum Gasteiger partial charge on any atom is 0.328 e. The molecule has 242 valence electrons. The third-order valence-corrected chi connectivity index (χ3v) is 6.98. The minimum absolute atomic E-state index is 0.00377. The summed E-state index contributed by atoms with van der Waals surface area (Å²) in [7, 11) is 1.21. The first kappa shape index (κ1) is 34.9. The van der Waals surface area contributed by atoms with Gasteiger partial charge in [-0.2, -0.15) is 0 Å². The number of aromatic hydroxyl groups is 1. The number of phenolic OH excluding ortho intramolecular Hbond substituents is 1. The molecule has 2 amide bonds. The molecule has 0 bridgehead atoms. The fourth-order valence-electron chi connectivity index (χ4n) is 4.47. The van der Waals surface area contributed by atoms with Gasteiger partial charge < -0.3 is 40.8 Å². The Balaban J connectivity index is 1.50. The lowest BCUT2D eigenvalue weighted by atomic mass is 10.0. The molecule has 3 aromatic rings. The predicted molar refractivity (Wildman–Crippen MR) is 168 cm³/mol. The van der Waals surface area contributed by atoms with Crippen LogP contribution in [0.4, 0.5) is 0 Å². The minimum Gasteiger partial charge on any atom is -0.508 e. The molecule has 4 atom stereocenters. The molecular formula is C34H43N3O8. The van der Waals surface area contributed by atoms with Crippen LogP contribution in [0.1, 0.15) is 37.8 Å². The van der Waals surface area contributed by atoms with Crippen molar-refractivity contribution >= 4 is 17.8 Å². The standard InChI is InChI=1S/C34H43N3O8/c1-22(2)19-29(32(40)37-30(34(42)43-3)20-23-9-11-25(38)12-10-23)36-33(41)31(39)28(35)17-18-44-26-13-15-27(16-14-26)45-21-24-7-5-4-6-8-24/h4-16,22,28-31,38-39H,17-21,35H2,1-3H3,(H,36,41)(H,37,40)/t28-,29+,30+,31+/m1/s1. The van der Waals surface area contributed by atoms with E-state index in [2.05, 4.69) is 10.6 Å². The molecule has 0 fully saturated rings. The van der Waals surface area contributed by atoms with Crippen LogP contribution in [-0.2, 0) is 32.1 Å². The zero-order valence-electron chi connectivity index (χ0n) is 25.8. The van der Waals surface area contributed by atoms with Gasteiger partial charge in [-0.15, -0.1) is 0 Å². The summed E-state index contributed by atoms with van der Waals surface area (Å²) in [6.07, 6.45) is -1.07. The molecule has 0 heterocycles. The van der Waals surface area contributed by atoms with Gasteiger partial charge in [-0.1, -0.05) is 56.3 Å². The normalized spacial score (nSPS) is 13.6. The minimum atomic E-state index is -1.60. The van der Waals surface area contributed by atoms with Crippen molar-refractivity contribution in [1.29, 1.82) is 0 Å². The highest BCUT2D eigenvalue weighted by atomic mass is 16.5. The van der Waals surface area contributed by atoms with Crippen LogP contribution in [0.5, 0.6) is 17.2 Å². The first-order valence-electron chi connectivity index (χ1n) is 14.9. The molecule has 0 saturated carbocycles. The molecule has 3 rings (SSSR count). The molecule has 11 heteroatoms. The molecule has 0 radical (unpaired) electrons. The third-order valence-electron chi connectivity index (χ3n) is 6.98. The van der Waals surface area contributed by atoms with Gasteiger partial charge in [0.05, 0.1) is 13.7 Å². The predicted octanol–water partition coefficient (Wildman–Crippen LogP) is 2.86. The maximum absolute atomic E-state index is 13.2. The topological polar surface area (TPSA) is 169 Å². The van der Waals surface area contributed by atoms with Crippen molar-refractivity contribution in [1.82, 2.24) is 10.6 Å². The van der Waals surface area contributed by atoms with Crippen molar-refractivity contribution in [3.05, 3.63) is 90.0 Å². The van der Waals surface area contributed by atoms with E-state index in [1.807, 2.05) is 44.2 Å². The fourth-order valence-corrected chi connectivity index (χ4v) is 4.47. The zero-order chi connectivity index (χ0) is 32.8. The van der Waals surface area contributed by atoms with Crippen LogP contribution < -0.4 is 25.8 Å². The van der Waals surface area contributed by atoms with Crippen LogP contribution in [0.15, 0.2) is 78.9 Å². The van der Waals surface area contributed by atoms with Crippen LogP contribution in [-0.4, -0.2) is 65.9 Å². The number of carbonyl (C=O) groups excluding carboxylic acids is 3. The number of esters is 1. The second-order valence-electron chi connectivity index (χ2n) is 11.1. The smallest absolute Gasteiger partial charge is 0.328 e. The Morgan fingerprint density at radius 2 is 1.40 bits per heavy atom. The van der Waals surface area contributed by atoms with Gasteiger partial charge >= 0.3 is 5.97 Å². The Morgan fingerprint density at radius 1 is 0.800 bits per heavy atom. The Bertz CT molecular complexity index is 1350. The molecule has 0 aliphatic rings. The highest BCUT2D eigenvalue weighted by Gasteiger charge is 2.31. The average Bonchev–Trinajstić information content (AvgIpc) is 3.04. The summed E-state index contributed by atoms with van der Waals surface area (Å²) in [5.41, 5.74) is 7.84. The molecule has 0 saturated heterocycles. The van der Waals surface area contributed by atoms with Crippen LogP contribution in [0.3, 0.4) is 0 Å². The number of rotatable bonds is 17. The number of nitrogens with two attached hydrogens (primary N) is 1. The van der Waals surface area contributed by atoms with Crippen molar-refractivity contribution in [2.45, 2.75) is 63.9 Å². The Labute approximate surface area is 263 Å². The van der Waals surface area contributed by atoms with Crippen molar-refractivity contribution in [3.63, 3.8) is 0 Å². The number of amides is 2. The van der Waals surface area contributed by atoms with Gasteiger partial charge in [-0.25, -0.2) is 4.79 Å². The molecule has 0 spiro atoms. The third kappa shape index (κ3) is 11.8. The Kier molecular flexibility index (Phi) is 13.7. The maximum atomic E-state index is 13.2. The highest BCUT2D eigenvalue weighted by Crippen LogP contribution is 2.19. The number of phenols is 1. The summed E-state index contributed by atoms with van der Waals surface area (Å²) in [6.45, 7) is 4.34. The monoisotopic (exact) mass is 621 g/mol. The van der Waals surface area contributed by atoms with Gasteiger partial charge in [0.1, 0.15) is 42.0 Å². The van der Waals surface area contributed by atoms with Crippen LogP contribution in [0.25, 0.3) is 0 Å². The quantitative estimate of drug-likeness (QED) is 0.142. The molecule has 45 heavy (non-hydrogen) atoms. The van der Waals surface area contributed by atoms with Crippen molar-refractivity contribution in [2.24, 2.45) is 11.7 Å². The van der Waals surface area contributed by atoms with E-state index in [0.29, 0.717) is 23.7 Å². The van der Waals surface area contributed by atoms with Crippen molar-refractivity contribution in [3.8, 4) is 17.2 Å². The summed E-state index contributed by atoms with van der Waals surface area (Å²) in [6, 6.07) is 20.1. The zero-order valence-corrected chi connectivity index (χ0v) is 25.8. The van der Waals surface area contributed by atoms with Crippen molar-refractivity contribution in [2.75, 3.05) is 13.7 Å². The molecule has 0 unspecified atom stereocenters. The first-order chi connectivity index (χ1) is 21.5. The average molecular weight is 622 g/mol. The van der Waals surface area contributed by atoms with E-state index in [4.69, 9.17) is 19.9 Å². The van der Waals surface area contributed by atoms with E-state index >= 15 is 0 Å². The van der Waals surface area contributed by atoms with E-state index in [-0.39, 0.29) is 37.5 Å². The lowest BCUT2D eigenvalue weighted by Crippen LogP contribution is -2.56. The number of carbonyl (C=O) groups is 3. The molecular weight excluding hydrogens is 578 g/mol. The molecule has 0 aromatic heterocycles. The van der Waals surface area contributed by atoms with E-state index in [9.17, 15) is 24.6 Å². The Hall–Kier alpha value is -4.61. The van der Waals surface area contributed by atoms with Gasteiger partial charge in [0.2, 0.25) is 5.91 Å². The molecule has 3 aromatic carbocycles. The number of hydrogen-bond donors (Lipinski definition) is 5.